The van der Waals surface area contributed by atoms with Gasteiger partial charge in [0.1, 0.15) is 5.75 Å². The van der Waals surface area contributed by atoms with Gasteiger partial charge in [-0.25, -0.2) is 4.68 Å². The van der Waals surface area contributed by atoms with Crippen molar-refractivity contribution >= 4 is 12.2 Å². The maximum absolute atomic E-state index is 5.64. The minimum atomic E-state index is 0.787. The van der Waals surface area contributed by atoms with Gasteiger partial charge in [0.05, 0.1) is 13.8 Å². The van der Waals surface area contributed by atoms with Crippen LogP contribution < -0.4 is 4.74 Å². The lowest BCUT2D eigenvalue weighted by molar-refractivity contribution is 0.172. The zero-order valence-electron chi connectivity index (χ0n) is 13.9. The Morgan fingerprint density at radius 1 is 1.13 bits per heavy atom. The Morgan fingerprint density at radius 3 is 2.43 bits per heavy atom. The fourth-order valence-electron chi connectivity index (χ4n) is 3.06. The van der Waals surface area contributed by atoms with E-state index in [1.54, 1.807) is 7.11 Å². The van der Waals surface area contributed by atoms with E-state index in [9.17, 15) is 0 Å². The summed E-state index contributed by atoms with van der Waals surface area (Å²) >= 11 is 5.64. The Labute approximate surface area is 142 Å². The second-order valence-electron chi connectivity index (χ2n) is 5.90. The van der Waals surface area contributed by atoms with E-state index in [1.165, 1.54) is 19.3 Å². The van der Waals surface area contributed by atoms with E-state index in [0.717, 1.165) is 48.2 Å². The number of methoxy groups -OCH3 is 1. The molecule has 124 valence electrons. The van der Waals surface area contributed by atoms with Crippen LogP contribution in [0.25, 0.3) is 11.4 Å². The maximum atomic E-state index is 5.64. The Kier molecular flexibility index (Phi) is 5.13. The molecule has 3 rings (SSSR count). The summed E-state index contributed by atoms with van der Waals surface area (Å²) in [6, 6.07) is 7.99. The lowest BCUT2D eigenvalue weighted by atomic mass is 10.1. The van der Waals surface area contributed by atoms with Gasteiger partial charge >= 0.3 is 0 Å². The number of aromatic nitrogens is 3. The van der Waals surface area contributed by atoms with Gasteiger partial charge in [-0.2, -0.15) is 5.10 Å². The highest BCUT2D eigenvalue weighted by Crippen LogP contribution is 2.22. The average Bonchev–Trinajstić information content (AvgIpc) is 2.92. The van der Waals surface area contributed by atoms with E-state index in [1.807, 2.05) is 28.9 Å². The lowest BCUT2D eigenvalue weighted by Crippen LogP contribution is -2.32. The Hall–Kier alpha value is -1.66. The molecule has 0 atom stereocenters. The molecule has 5 nitrogen and oxygen atoms in total. The number of likely N-dealkylation sites (tertiary alicyclic amines) is 1. The fourth-order valence-corrected chi connectivity index (χ4v) is 3.38. The van der Waals surface area contributed by atoms with Crippen molar-refractivity contribution < 1.29 is 4.74 Å². The van der Waals surface area contributed by atoms with E-state index in [0.29, 0.717) is 0 Å². The third-order valence-electron chi connectivity index (χ3n) is 4.37. The van der Waals surface area contributed by atoms with Crippen molar-refractivity contribution in [3.8, 4) is 17.1 Å². The molecule has 0 aliphatic carbocycles. The van der Waals surface area contributed by atoms with Gasteiger partial charge in [0.2, 0.25) is 0 Å². The SMILES string of the molecule is CCn1c(-c2ccc(OC)cc2)nn(CN2CCCCC2)c1=S. The van der Waals surface area contributed by atoms with Crippen LogP contribution in [0.3, 0.4) is 0 Å². The summed E-state index contributed by atoms with van der Waals surface area (Å²) in [6.45, 7) is 5.99. The smallest absolute Gasteiger partial charge is 0.199 e. The first kappa shape index (κ1) is 16.2. The molecule has 1 fully saturated rings. The highest BCUT2D eigenvalue weighted by atomic mass is 32.1. The summed E-state index contributed by atoms with van der Waals surface area (Å²) in [5.74, 6) is 1.78. The van der Waals surface area contributed by atoms with Gasteiger partial charge in [-0.15, -0.1) is 0 Å². The number of hydrogen-bond donors (Lipinski definition) is 0. The van der Waals surface area contributed by atoms with Gasteiger partial charge in [-0.3, -0.25) is 4.90 Å². The average molecular weight is 332 g/mol. The van der Waals surface area contributed by atoms with Crippen molar-refractivity contribution in [1.82, 2.24) is 19.2 Å². The van der Waals surface area contributed by atoms with Crippen molar-refractivity contribution in [3.63, 3.8) is 0 Å². The molecule has 2 aromatic rings. The molecule has 0 saturated carbocycles. The number of piperidine rings is 1. The van der Waals surface area contributed by atoms with Crippen LogP contribution in [0.2, 0.25) is 0 Å². The maximum Gasteiger partial charge on any atom is 0.199 e. The van der Waals surface area contributed by atoms with Crippen molar-refractivity contribution in [3.05, 3.63) is 29.0 Å². The molecule has 0 spiro atoms. The van der Waals surface area contributed by atoms with Gasteiger partial charge < -0.3 is 9.30 Å². The summed E-state index contributed by atoms with van der Waals surface area (Å²) in [4.78, 5) is 2.43. The highest BCUT2D eigenvalue weighted by Gasteiger charge is 2.15. The van der Waals surface area contributed by atoms with E-state index < -0.39 is 0 Å². The van der Waals surface area contributed by atoms with E-state index in [4.69, 9.17) is 22.1 Å². The van der Waals surface area contributed by atoms with Gasteiger partial charge in [-0.1, -0.05) is 6.42 Å². The molecule has 1 aromatic heterocycles. The van der Waals surface area contributed by atoms with E-state index in [2.05, 4.69) is 16.4 Å². The number of rotatable bonds is 5. The van der Waals surface area contributed by atoms with Crippen LogP contribution in [0.5, 0.6) is 5.75 Å². The van der Waals surface area contributed by atoms with Crippen LogP contribution in [0, 0.1) is 4.77 Å². The van der Waals surface area contributed by atoms with E-state index >= 15 is 0 Å². The summed E-state index contributed by atoms with van der Waals surface area (Å²) < 4.78 is 10.1. The van der Waals surface area contributed by atoms with Crippen LogP contribution in [0.4, 0.5) is 0 Å². The molecule has 2 heterocycles. The monoisotopic (exact) mass is 332 g/mol. The minimum absolute atomic E-state index is 0.787. The summed E-state index contributed by atoms with van der Waals surface area (Å²) in [5.41, 5.74) is 1.07. The van der Waals surface area contributed by atoms with Gasteiger partial charge in [0.15, 0.2) is 10.6 Å². The topological polar surface area (TPSA) is 35.2 Å². The summed E-state index contributed by atoms with van der Waals surface area (Å²) in [7, 11) is 1.68. The molecular formula is C17H24N4OS. The third-order valence-corrected chi connectivity index (χ3v) is 4.80. The second kappa shape index (κ2) is 7.27. The molecule has 0 bridgehead atoms. The van der Waals surface area contributed by atoms with Crippen molar-refractivity contribution in [2.24, 2.45) is 0 Å². The van der Waals surface area contributed by atoms with Crippen molar-refractivity contribution in [2.45, 2.75) is 39.4 Å². The van der Waals surface area contributed by atoms with Gasteiger partial charge in [0, 0.05) is 12.1 Å². The highest BCUT2D eigenvalue weighted by molar-refractivity contribution is 7.71. The number of hydrogen-bond acceptors (Lipinski definition) is 4. The predicted molar refractivity (Wildman–Crippen MR) is 94.1 cm³/mol. The summed E-state index contributed by atoms with van der Waals surface area (Å²) in [5, 5.41) is 4.79. The Morgan fingerprint density at radius 2 is 1.83 bits per heavy atom. The zero-order chi connectivity index (χ0) is 16.2. The minimum Gasteiger partial charge on any atom is -0.497 e. The second-order valence-corrected chi connectivity index (χ2v) is 6.26. The predicted octanol–water partition coefficient (Wildman–Crippen LogP) is 3.55. The standard InChI is InChI=1S/C17H24N4OS/c1-3-20-16(14-7-9-15(22-2)10-8-14)18-21(17(20)23)13-19-11-5-4-6-12-19/h7-10H,3-6,11-13H2,1-2H3. The quantitative estimate of drug-likeness (QED) is 0.784. The molecule has 1 aromatic carbocycles. The molecule has 23 heavy (non-hydrogen) atoms. The zero-order valence-corrected chi connectivity index (χ0v) is 14.7. The molecule has 1 aliphatic rings. The largest absolute Gasteiger partial charge is 0.497 e. The van der Waals surface area contributed by atoms with Crippen LogP contribution >= 0.6 is 12.2 Å². The van der Waals surface area contributed by atoms with Crippen LogP contribution in [-0.4, -0.2) is 39.4 Å². The molecule has 0 unspecified atom stereocenters. The third kappa shape index (κ3) is 3.48. The normalized spacial score (nSPS) is 15.7. The van der Waals surface area contributed by atoms with Crippen LogP contribution in [-0.2, 0) is 13.2 Å². The van der Waals surface area contributed by atoms with Gasteiger partial charge in [-0.05, 0) is 69.3 Å². The molecular weight excluding hydrogens is 308 g/mol. The van der Waals surface area contributed by atoms with Crippen LogP contribution in [0.1, 0.15) is 26.2 Å². The number of ether oxygens (including phenoxy) is 1. The van der Waals surface area contributed by atoms with E-state index in [-0.39, 0.29) is 0 Å². The number of nitrogens with zero attached hydrogens (tertiary/aromatic N) is 4. The Balaban J connectivity index is 1.90. The first-order valence-electron chi connectivity index (χ1n) is 8.27. The van der Waals surface area contributed by atoms with Crippen LogP contribution in [0.15, 0.2) is 24.3 Å². The molecule has 1 saturated heterocycles. The number of benzene rings is 1. The molecule has 1 aliphatic heterocycles. The van der Waals surface area contributed by atoms with Gasteiger partial charge in [0.25, 0.3) is 0 Å². The van der Waals surface area contributed by atoms with Crippen molar-refractivity contribution in [1.29, 1.82) is 0 Å². The Bertz CT molecular complexity index is 698. The lowest BCUT2D eigenvalue weighted by Gasteiger charge is -2.25. The summed E-state index contributed by atoms with van der Waals surface area (Å²) in [6.07, 6.45) is 3.88. The molecule has 0 N–H and O–H groups in total. The van der Waals surface area contributed by atoms with Crippen molar-refractivity contribution in [2.75, 3.05) is 20.2 Å². The fraction of sp³-hybridized carbons (Fsp3) is 0.529. The molecule has 6 heteroatoms. The molecule has 0 amide bonds. The molecule has 0 radical (unpaired) electrons. The first-order chi connectivity index (χ1) is 11.2. The first-order valence-corrected chi connectivity index (χ1v) is 8.68.